The van der Waals surface area contributed by atoms with Gasteiger partial charge in [0.25, 0.3) is 5.56 Å². The molecule has 0 saturated heterocycles. The number of aryl methyl sites for hydroxylation is 1. The zero-order valence-electron chi connectivity index (χ0n) is 12.7. The molecule has 7 nitrogen and oxygen atoms in total. The van der Waals surface area contributed by atoms with Crippen molar-refractivity contribution in [2.75, 3.05) is 18.6 Å². The Hall–Kier alpha value is -3.14. The number of fused-ring (bicyclic) bond motifs is 1. The van der Waals surface area contributed by atoms with Gasteiger partial charge in [0.15, 0.2) is 0 Å². The first kappa shape index (κ1) is 14.8. The van der Waals surface area contributed by atoms with E-state index in [1.807, 2.05) is 6.07 Å². The molecular weight excluding hydrogens is 296 g/mol. The topological polar surface area (TPSA) is 99.1 Å². The Balaban J connectivity index is 2.13. The summed E-state index contributed by atoms with van der Waals surface area (Å²) in [6, 6.07) is 5.09. The van der Waals surface area contributed by atoms with E-state index < -0.39 is 5.56 Å². The van der Waals surface area contributed by atoms with Gasteiger partial charge in [-0.25, -0.2) is 0 Å². The van der Waals surface area contributed by atoms with E-state index in [1.165, 1.54) is 11.0 Å². The van der Waals surface area contributed by atoms with Gasteiger partial charge in [-0.05, 0) is 13.0 Å². The number of anilines is 1. The van der Waals surface area contributed by atoms with Gasteiger partial charge in [0, 0.05) is 24.4 Å². The summed E-state index contributed by atoms with van der Waals surface area (Å²) in [6.07, 6.45) is 1.86. The van der Waals surface area contributed by atoms with Crippen LogP contribution in [0.4, 0.5) is 5.69 Å². The number of carbonyl (C=O) groups is 1. The lowest BCUT2D eigenvalue weighted by Crippen LogP contribution is -2.25. The minimum absolute atomic E-state index is 0.0237. The molecule has 0 saturated carbocycles. The molecule has 7 heteroatoms. The SMILES string of the molecule is Cc1[nH]c(=O)c(C#N)cc1-c1cc2c(cn1)N(C)C(=O)CCO2. The monoisotopic (exact) mass is 310 g/mol. The maximum atomic E-state index is 11.8. The van der Waals surface area contributed by atoms with Gasteiger partial charge in [0.1, 0.15) is 23.1 Å². The Kier molecular flexibility index (Phi) is 3.58. The van der Waals surface area contributed by atoms with E-state index in [1.54, 1.807) is 26.2 Å². The van der Waals surface area contributed by atoms with Crippen LogP contribution in [0, 0.1) is 18.3 Å². The molecule has 1 aliphatic heterocycles. The first-order valence-corrected chi connectivity index (χ1v) is 7.05. The standard InChI is InChI=1S/C16H14N4O3/c1-9-11(5-10(7-17)16(22)19-9)12-6-14-13(8-18-12)20(2)15(21)3-4-23-14/h5-6,8H,3-4H2,1-2H3,(H,19,22). The molecule has 1 amide bonds. The number of nitrogens with one attached hydrogen (secondary N) is 1. The molecule has 3 heterocycles. The van der Waals surface area contributed by atoms with Crippen LogP contribution in [-0.2, 0) is 4.79 Å². The molecule has 1 aliphatic rings. The molecule has 2 aromatic rings. The lowest BCUT2D eigenvalue weighted by molar-refractivity contribution is -0.118. The zero-order valence-corrected chi connectivity index (χ0v) is 12.7. The fourth-order valence-electron chi connectivity index (χ4n) is 2.47. The average molecular weight is 310 g/mol. The highest BCUT2D eigenvalue weighted by atomic mass is 16.5. The fraction of sp³-hybridized carbons (Fsp3) is 0.250. The fourth-order valence-corrected chi connectivity index (χ4v) is 2.47. The highest BCUT2D eigenvalue weighted by Gasteiger charge is 2.21. The smallest absolute Gasteiger partial charge is 0.266 e. The number of rotatable bonds is 1. The molecule has 0 unspecified atom stereocenters. The van der Waals surface area contributed by atoms with Crippen LogP contribution in [-0.4, -0.2) is 29.5 Å². The zero-order chi connectivity index (χ0) is 16.6. The number of ether oxygens (including phenoxy) is 1. The molecule has 0 radical (unpaired) electrons. The van der Waals surface area contributed by atoms with E-state index in [4.69, 9.17) is 10.00 Å². The van der Waals surface area contributed by atoms with E-state index in [9.17, 15) is 9.59 Å². The summed E-state index contributed by atoms with van der Waals surface area (Å²) in [5.74, 6) is 0.512. The number of nitrogens with zero attached hydrogens (tertiary/aromatic N) is 3. The van der Waals surface area contributed by atoms with Gasteiger partial charge in [-0.3, -0.25) is 14.6 Å². The summed E-state index contributed by atoms with van der Waals surface area (Å²) < 4.78 is 5.63. The van der Waals surface area contributed by atoms with Gasteiger partial charge in [-0.15, -0.1) is 0 Å². The number of aromatic amines is 1. The van der Waals surface area contributed by atoms with Crippen LogP contribution in [0.1, 0.15) is 17.7 Å². The molecule has 1 N–H and O–H groups in total. The second-order valence-electron chi connectivity index (χ2n) is 5.25. The number of H-pyrrole nitrogens is 1. The third-order valence-corrected chi connectivity index (χ3v) is 3.79. The lowest BCUT2D eigenvalue weighted by atomic mass is 10.1. The Morgan fingerprint density at radius 1 is 1.39 bits per heavy atom. The summed E-state index contributed by atoms with van der Waals surface area (Å²) in [7, 11) is 1.68. The highest BCUT2D eigenvalue weighted by Crippen LogP contribution is 2.33. The van der Waals surface area contributed by atoms with Crippen molar-refractivity contribution < 1.29 is 9.53 Å². The third-order valence-electron chi connectivity index (χ3n) is 3.79. The minimum atomic E-state index is -0.426. The number of hydrogen-bond acceptors (Lipinski definition) is 5. The molecule has 0 bridgehead atoms. The number of pyridine rings is 2. The molecule has 0 aromatic carbocycles. The van der Waals surface area contributed by atoms with Gasteiger partial charge in [0.05, 0.1) is 24.9 Å². The largest absolute Gasteiger partial charge is 0.491 e. The Labute approximate surface area is 132 Å². The number of hydrogen-bond donors (Lipinski definition) is 1. The molecule has 0 aliphatic carbocycles. The van der Waals surface area contributed by atoms with Crippen LogP contribution in [0.2, 0.25) is 0 Å². The molecule has 0 atom stereocenters. The van der Waals surface area contributed by atoms with Crippen molar-refractivity contribution in [3.63, 3.8) is 0 Å². The van der Waals surface area contributed by atoms with Crippen LogP contribution in [0.3, 0.4) is 0 Å². The van der Waals surface area contributed by atoms with Crippen molar-refractivity contribution in [2.24, 2.45) is 0 Å². The van der Waals surface area contributed by atoms with E-state index in [0.717, 1.165) is 0 Å². The quantitative estimate of drug-likeness (QED) is 0.857. The van der Waals surface area contributed by atoms with Crippen molar-refractivity contribution in [3.05, 3.63) is 39.9 Å². The number of nitriles is 1. The van der Waals surface area contributed by atoms with E-state index in [-0.39, 0.29) is 11.5 Å². The summed E-state index contributed by atoms with van der Waals surface area (Å²) in [5.41, 5.74) is 2.02. The average Bonchev–Trinajstić information content (AvgIpc) is 2.67. The predicted molar refractivity (Wildman–Crippen MR) is 83.3 cm³/mol. The number of amides is 1. The molecular formula is C16H14N4O3. The predicted octanol–water partition coefficient (Wildman–Crippen LogP) is 1.36. The van der Waals surface area contributed by atoms with Crippen molar-refractivity contribution in [3.8, 4) is 23.1 Å². The van der Waals surface area contributed by atoms with Crippen LogP contribution in [0.25, 0.3) is 11.3 Å². The minimum Gasteiger partial charge on any atom is -0.491 e. The van der Waals surface area contributed by atoms with Crippen molar-refractivity contribution in [2.45, 2.75) is 13.3 Å². The van der Waals surface area contributed by atoms with Gasteiger partial charge >= 0.3 is 0 Å². The van der Waals surface area contributed by atoms with Crippen LogP contribution in [0.15, 0.2) is 23.1 Å². The molecule has 0 fully saturated rings. The number of carbonyl (C=O) groups excluding carboxylic acids is 1. The van der Waals surface area contributed by atoms with Crippen molar-refractivity contribution in [1.29, 1.82) is 5.26 Å². The van der Waals surface area contributed by atoms with Crippen molar-refractivity contribution in [1.82, 2.24) is 9.97 Å². The van der Waals surface area contributed by atoms with E-state index in [2.05, 4.69) is 9.97 Å². The molecule has 3 rings (SSSR count). The lowest BCUT2D eigenvalue weighted by Gasteiger charge is -2.16. The third kappa shape index (κ3) is 2.55. The summed E-state index contributed by atoms with van der Waals surface area (Å²) in [4.78, 5) is 32.0. The van der Waals surface area contributed by atoms with Gasteiger partial charge in [-0.2, -0.15) is 5.26 Å². The molecule has 23 heavy (non-hydrogen) atoms. The van der Waals surface area contributed by atoms with Crippen LogP contribution < -0.4 is 15.2 Å². The van der Waals surface area contributed by atoms with Gasteiger partial charge < -0.3 is 14.6 Å². The van der Waals surface area contributed by atoms with Crippen molar-refractivity contribution >= 4 is 11.6 Å². The molecule has 0 spiro atoms. The molecule has 2 aromatic heterocycles. The summed E-state index contributed by atoms with van der Waals surface area (Å²) in [5, 5.41) is 9.01. The second-order valence-corrected chi connectivity index (χ2v) is 5.25. The first-order chi connectivity index (χ1) is 11.0. The number of aromatic nitrogens is 2. The first-order valence-electron chi connectivity index (χ1n) is 7.05. The van der Waals surface area contributed by atoms with Gasteiger partial charge in [-0.1, -0.05) is 0 Å². The maximum absolute atomic E-state index is 11.8. The Bertz CT molecular complexity index is 895. The van der Waals surface area contributed by atoms with Gasteiger partial charge in [0.2, 0.25) is 5.91 Å². The Morgan fingerprint density at radius 3 is 2.91 bits per heavy atom. The Morgan fingerprint density at radius 2 is 2.17 bits per heavy atom. The normalized spacial score (nSPS) is 13.8. The van der Waals surface area contributed by atoms with E-state index in [0.29, 0.717) is 41.4 Å². The van der Waals surface area contributed by atoms with Crippen LogP contribution in [0.5, 0.6) is 5.75 Å². The second kappa shape index (κ2) is 5.57. The van der Waals surface area contributed by atoms with E-state index >= 15 is 0 Å². The maximum Gasteiger partial charge on any atom is 0.266 e. The molecule has 116 valence electrons. The summed E-state index contributed by atoms with van der Waals surface area (Å²) >= 11 is 0. The highest BCUT2D eigenvalue weighted by molar-refractivity contribution is 5.95. The van der Waals surface area contributed by atoms with Crippen LogP contribution >= 0.6 is 0 Å². The summed E-state index contributed by atoms with van der Waals surface area (Å²) in [6.45, 7) is 2.04.